The number of aromatic nitrogens is 2. The Bertz CT molecular complexity index is 1010. The summed E-state index contributed by atoms with van der Waals surface area (Å²) in [7, 11) is 0. The van der Waals surface area contributed by atoms with Gasteiger partial charge < -0.3 is 15.0 Å². The zero-order valence-corrected chi connectivity index (χ0v) is 17.6. The van der Waals surface area contributed by atoms with E-state index in [1.54, 1.807) is 6.07 Å². The van der Waals surface area contributed by atoms with Crippen molar-refractivity contribution in [2.75, 3.05) is 31.6 Å². The smallest absolute Gasteiger partial charge is 0.262 e. The molecule has 0 bridgehead atoms. The molecule has 0 aliphatic rings. The number of anilines is 1. The Morgan fingerprint density at radius 3 is 2.83 bits per heavy atom. The molecule has 0 aliphatic heterocycles. The summed E-state index contributed by atoms with van der Waals surface area (Å²) in [6, 6.07) is 9.15. The van der Waals surface area contributed by atoms with Gasteiger partial charge in [0.05, 0.1) is 17.4 Å². The Kier molecular flexibility index (Phi) is 7.37. The minimum absolute atomic E-state index is 0.121. The SMILES string of the molecule is CCN(CC)CCOc1ccccc1NC(=O)CCn1cnc2sccc2c1=O. The van der Waals surface area contributed by atoms with Crippen molar-refractivity contribution in [2.24, 2.45) is 0 Å². The van der Waals surface area contributed by atoms with Crippen LogP contribution >= 0.6 is 11.3 Å². The van der Waals surface area contributed by atoms with Gasteiger partial charge in [0.15, 0.2) is 0 Å². The third-order valence-electron chi connectivity index (χ3n) is 4.75. The van der Waals surface area contributed by atoms with E-state index in [1.165, 1.54) is 22.2 Å². The Morgan fingerprint density at radius 1 is 1.24 bits per heavy atom. The first kappa shape index (κ1) is 21.0. The van der Waals surface area contributed by atoms with Crippen molar-refractivity contribution in [3.05, 3.63) is 52.4 Å². The molecule has 0 radical (unpaired) electrons. The van der Waals surface area contributed by atoms with Crippen molar-refractivity contribution >= 4 is 33.1 Å². The molecule has 29 heavy (non-hydrogen) atoms. The highest BCUT2D eigenvalue weighted by Crippen LogP contribution is 2.24. The number of aryl methyl sites for hydroxylation is 1. The summed E-state index contributed by atoms with van der Waals surface area (Å²) in [5, 5.41) is 5.32. The topological polar surface area (TPSA) is 76.5 Å². The predicted octanol–water partition coefficient (Wildman–Crippen LogP) is 3.21. The lowest BCUT2D eigenvalue weighted by molar-refractivity contribution is -0.116. The number of carbonyl (C=O) groups is 1. The van der Waals surface area contributed by atoms with Crippen LogP contribution in [0.4, 0.5) is 5.69 Å². The molecule has 1 aromatic carbocycles. The number of ether oxygens (including phenoxy) is 1. The molecule has 0 saturated carbocycles. The number of nitrogens with one attached hydrogen (secondary N) is 1. The second-order valence-electron chi connectivity index (χ2n) is 6.55. The number of amides is 1. The lowest BCUT2D eigenvalue weighted by atomic mass is 10.2. The maximum Gasteiger partial charge on any atom is 0.262 e. The first-order chi connectivity index (χ1) is 14.1. The summed E-state index contributed by atoms with van der Waals surface area (Å²) in [6.45, 7) is 7.84. The van der Waals surface area contributed by atoms with Gasteiger partial charge in [0, 0.05) is 19.5 Å². The Hall–Kier alpha value is -2.71. The molecule has 0 unspecified atom stereocenters. The number of fused-ring (bicyclic) bond motifs is 1. The number of hydrogen-bond acceptors (Lipinski definition) is 6. The Balaban J connectivity index is 1.57. The lowest BCUT2D eigenvalue weighted by Crippen LogP contribution is -2.28. The number of thiophene rings is 1. The number of rotatable bonds is 10. The van der Waals surface area contributed by atoms with Gasteiger partial charge in [-0.15, -0.1) is 11.3 Å². The molecule has 0 fully saturated rings. The highest BCUT2D eigenvalue weighted by Gasteiger charge is 2.10. The van der Waals surface area contributed by atoms with E-state index in [-0.39, 0.29) is 24.4 Å². The van der Waals surface area contributed by atoms with Gasteiger partial charge in [-0.05, 0) is 36.7 Å². The normalized spacial score (nSPS) is 11.1. The molecule has 8 heteroatoms. The van der Waals surface area contributed by atoms with Crippen LogP contribution in [0.25, 0.3) is 10.2 Å². The molecule has 0 spiro atoms. The van der Waals surface area contributed by atoms with Gasteiger partial charge in [0.1, 0.15) is 17.2 Å². The van der Waals surface area contributed by atoms with E-state index in [4.69, 9.17) is 4.74 Å². The molecule has 0 aliphatic carbocycles. The molecule has 0 atom stereocenters. The molecule has 2 heterocycles. The fourth-order valence-electron chi connectivity index (χ4n) is 3.01. The van der Waals surface area contributed by atoms with Crippen LogP contribution in [-0.4, -0.2) is 46.6 Å². The maximum atomic E-state index is 12.4. The second-order valence-corrected chi connectivity index (χ2v) is 7.45. The number of para-hydroxylation sites is 2. The first-order valence-corrected chi connectivity index (χ1v) is 10.7. The third-order valence-corrected chi connectivity index (χ3v) is 5.57. The number of likely N-dealkylation sites (N-methyl/N-ethyl adjacent to an activating group) is 1. The molecule has 3 aromatic rings. The fourth-order valence-corrected chi connectivity index (χ4v) is 3.73. The molecule has 1 N–H and O–H groups in total. The molecule has 1 amide bonds. The van der Waals surface area contributed by atoms with Crippen LogP contribution < -0.4 is 15.6 Å². The van der Waals surface area contributed by atoms with Crippen molar-refractivity contribution in [2.45, 2.75) is 26.8 Å². The molecule has 2 aromatic heterocycles. The minimum atomic E-state index is -0.179. The van der Waals surface area contributed by atoms with E-state index in [1.807, 2.05) is 29.6 Å². The van der Waals surface area contributed by atoms with Crippen molar-refractivity contribution in [3.8, 4) is 5.75 Å². The molecular formula is C21H26N4O3S. The van der Waals surface area contributed by atoms with Crippen LogP contribution in [0, 0.1) is 0 Å². The summed E-state index contributed by atoms with van der Waals surface area (Å²) in [5.41, 5.74) is 0.514. The van der Waals surface area contributed by atoms with Gasteiger partial charge in [-0.2, -0.15) is 0 Å². The Morgan fingerprint density at radius 2 is 2.03 bits per heavy atom. The number of hydrogen-bond donors (Lipinski definition) is 1. The van der Waals surface area contributed by atoms with Crippen LogP contribution in [0.5, 0.6) is 5.75 Å². The summed E-state index contributed by atoms with van der Waals surface area (Å²) in [6.07, 6.45) is 1.67. The van der Waals surface area contributed by atoms with E-state index < -0.39 is 0 Å². The highest BCUT2D eigenvalue weighted by atomic mass is 32.1. The van der Waals surface area contributed by atoms with Gasteiger partial charge >= 0.3 is 0 Å². The first-order valence-electron chi connectivity index (χ1n) is 9.79. The second kappa shape index (κ2) is 10.2. The van der Waals surface area contributed by atoms with Crippen molar-refractivity contribution in [1.82, 2.24) is 14.5 Å². The number of benzene rings is 1. The number of nitrogens with zero attached hydrogens (tertiary/aromatic N) is 3. The quantitative estimate of drug-likeness (QED) is 0.551. The highest BCUT2D eigenvalue weighted by molar-refractivity contribution is 7.16. The van der Waals surface area contributed by atoms with Crippen molar-refractivity contribution in [3.63, 3.8) is 0 Å². The Labute approximate surface area is 173 Å². The van der Waals surface area contributed by atoms with E-state index >= 15 is 0 Å². The van der Waals surface area contributed by atoms with E-state index in [0.29, 0.717) is 28.3 Å². The summed E-state index contributed by atoms with van der Waals surface area (Å²) in [4.78, 5) is 32.1. The molecule has 0 saturated heterocycles. The van der Waals surface area contributed by atoms with Gasteiger partial charge in [-0.1, -0.05) is 26.0 Å². The molecule has 7 nitrogen and oxygen atoms in total. The van der Waals surface area contributed by atoms with Crippen LogP contribution in [0.2, 0.25) is 0 Å². The van der Waals surface area contributed by atoms with Gasteiger partial charge in [0.25, 0.3) is 5.56 Å². The lowest BCUT2D eigenvalue weighted by Gasteiger charge is -2.19. The largest absolute Gasteiger partial charge is 0.490 e. The molecule has 3 rings (SSSR count). The van der Waals surface area contributed by atoms with Crippen molar-refractivity contribution in [1.29, 1.82) is 0 Å². The third kappa shape index (κ3) is 5.42. The maximum absolute atomic E-state index is 12.4. The van der Waals surface area contributed by atoms with E-state index in [9.17, 15) is 9.59 Å². The van der Waals surface area contributed by atoms with Crippen molar-refractivity contribution < 1.29 is 9.53 Å². The summed E-state index contributed by atoms with van der Waals surface area (Å²) >= 11 is 1.43. The zero-order chi connectivity index (χ0) is 20.6. The van der Waals surface area contributed by atoms with Crippen LogP contribution in [0.15, 0.2) is 46.8 Å². The van der Waals surface area contributed by atoms with Gasteiger partial charge in [-0.25, -0.2) is 4.98 Å². The standard InChI is InChI=1S/C21H26N4O3S/c1-3-24(4-2)12-13-28-18-8-6-5-7-17(18)23-19(26)9-11-25-15-22-20-16(21(25)27)10-14-29-20/h5-8,10,14-15H,3-4,9,11-13H2,1-2H3,(H,23,26). The average Bonchev–Trinajstić information content (AvgIpc) is 3.22. The van der Waals surface area contributed by atoms with E-state index in [2.05, 4.69) is 29.0 Å². The predicted molar refractivity (Wildman–Crippen MR) is 117 cm³/mol. The average molecular weight is 415 g/mol. The number of carbonyl (C=O) groups excluding carboxylic acids is 1. The monoisotopic (exact) mass is 414 g/mol. The van der Waals surface area contributed by atoms with Crippen LogP contribution in [0.1, 0.15) is 20.3 Å². The van der Waals surface area contributed by atoms with Crippen LogP contribution in [0.3, 0.4) is 0 Å². The van der Waals surface area contributed by atoms with Gasteiger partial charge in [0.2, 0.25) is 5.91 Å². The zero-order valence-electron chi connectivity index (χ0n) is 16.8. The summed E-state index contributed by atoms with van der Waals surface area (Å²) in [5.74, 6) is 0.466. The molecular weight excluding hydrogens is 388 g/mol. The van der Waals surface area contributed by atoms with E-state index in [0.717, 1.165) is 19.6 Å². The minimum Gasteiger partial charge on any atom is -0.490 e. The fraction of sp³-hybridized carbons (Fsp3) is 0.381. The summed E-state index contributed by atoms with van der Waals surface area (Å²) < 4.78 is 7.35. The van der Waals surface area contributed by atoms with Crippen LogP contribution in [-0.2, 0) is 11.3 Å². The molecule has 154 valence electrons. The van der Waals surface area contributed by atoms with Gasteiger partial charge in [-0.3, -0.25) is 14.2 Å².